The van der Waals surface area contributed by atoms with Crippen LogP contribution in [0.15, 0.2) is 23.4 Å². The predicted octanol–water partition coefficient (Wildman–Crippen LogP) is 1.08. The molecule has 0 radical (unpaired) electrons. The second-order valence-electron chi connectivity index (χ2n) is 5.77. The first-order valence-corrected chi connectivity index (χ1v) is 9.46. The molecule has 11 heteroatoms. The van der Waals surface area contributed by atoms with Crippen LogP contribution in [0.3, 0.4) is 0 Å². The molecule has 1 amide bonds. The van der Waals surface area contributed by atoms with Crippen molar-refractivity contribution in [2.75, 3.05) is 11.9 Å². The Morgan fingerprint density at radius 1 is 1.40 bits per heavy atom. The number of carbonyl (C=O) groups excluding carboxylic acids is 1. The van der Waals surface area contributed by atoms with Crippen molar-refractivity contribution in [3.63, 3.8) is 0 Å². The number of aryl methyl sites for hydroxylation is 1. The minimum atomic E-state index is -3.91. The summed E-state index contributed by atoms with van der Waals surface area (Å²) in [6.45, 7) is 0.536. The Labute approximate surface area is 148 Å². The van der Waals surface area contributed by atoms with E-state index in [9.17, 15) is 13.2 Å². The maximum atomic E-state index is 12.8. The molecule has 0 fully saturated rings. The van der Waals surface area contributed by atoms with Crippen LogP contribution >= 0.6 is 11.6 Å². The Morgan fingerprint density at radius 2 is 2.24 bits per heavy atom. The summed E-state index contributed by atoms with van der Waals surface area (Å²) in [6, 6.07) is 2.20. The molecule has 132 valence electrons. The van der Waals surface area contributed by atoms with E-state index >= 15 is 0 Å². The molecular formula is C14H14ClN5O4S. The van der Waals surface area contributed by atoms with Gasteiger partial charge in [0.15, 0.2) is 6.61 Å². The number of rotatable bonds is 3. The molecule has 1 aromatic heterocycles. The lowest BCUT2D eigenvalue weighted by Crippen LogP contribution is -2.33. The Bertz CT molecular complexity index is 958. The molecule has 0 unspecified atom stereocenters. The van der Waals surface area contributed by atoms with Crippen LogP contribution in [0.4, 0.5) is 5.69 Å². The highest BCUT2D eigenvalue weighted by Gasteiger charge is 2.30. The summed E-state index contributed by atoms with van der Waals surface area (Å²) >= 11 is 6.13. The van der Waals surface area contributed by atoms with E-state index in [1.165, 1.54) is 18.5 Å². The summed E-state index contributed by atoms with van der Waals surface area (Å²) in [6.07, 6.45) is 2.81. The number of nitrogens with one attached hydrogen (secondary N) is 2. The molecule has 1 atom stereocenters. The molecule has 3 heterocycles. The number of carbonyl (C=O) groups is 1. The van der Waals surface area contributed by atoms with E-state index in [0.29, 0.717) is 24.5 Å². The fourth-order valence-electron chi connectivity index (χ4n) is 2.94. The number of amides is 1. The first-order valence-electron chi connectivity index (χ1n) is 7.60. The zero-order valence-corrected chi connectivity index (χ0v) is 14.5. The van der Waals surface area contributed by atoms with Crippen molar-refractivity contribution in [3.05, 3.63) is 29.3 Å². The molecule has 2 aliphatic heterocycles. The fourth-order valence-corrected chi connectivity index (χ4v) is 4.71. The second-order valence-corrected chi connectivity index (χ2v) is 7.86. The van der Waals surface area contributed by atoms with Gasteiger partial charge in [0.25, 0.3) is 5.91 Å². The Balaban J connectivity index is 1.67. The van der Waals surface area contributed by atoms with Crippen LogP contribution in [-0.4, -0.2) is 35.7 Å². The molecule has 2 aromatic rings. The highest BCUT2D eigenvalue weighted by Crippen LogP contribution is 2.36. The SMILES string of the molecule is O=C1COc2cc(S(=O)(=O)N[C@H]3CCCn4ncnc43)c(Cl)cc2N1. The number of nitrogens with zero attached hydrogens (tertiary/aromatic N) is 3. The van der Waals surface area contributed by atoms with E-state index < -0.39 is 16.1 Å². The van der Waals surface area contributed by atoms with Crippen molar-refractivity contribution < 1.29 is 17.9 Å². The largest absolute Gasteiger partial charge is 0.482 e. The van der Waals surface area contributed by atoms with E-state index in [4.69, 9.17) is 16.3 Å². The average Bonchev–Trinajstić information content (AvgIpc) is 3.03. The molecule has 0 saturated carbocycles. The molecule has 4 rings (SSSR count). The van der Waals surface area contributed by atoms with E-state index in [-0.39, 0.29) is 28.2 Å². The van der Waals surface area contributed by atoms with Gasteiger partial charge in [-0.05, 0) is 18.9 Å². The fraction of sp³-hybridized carbons (Fsp3) is 0.357. The first-order chi connectivity index (χ1) is 11.9. The van der Waals surface area contributed by atoms with E-state index in [2.05, 4.69) is 20.1 Å². The van der Waals surface area contributed by atoms with Gasteiger partial charge in [0.05, 0.1) is 16.8 Å². The highest BCUT2D eigenvalue weighted by molar-refractivity contribution is 7.89. The van der Waals surface area contributed by atoms with Gasteiger partial charge in [0, 0.05) is 12.6 Å². The molecular weight excluding hydrogens is 370 g/mol. The van der Waals surface area contributed by atoms with Gasteiger partial charge in [-0.1, -0.05) is 11.6 Å². The van der Waals surface area contributed by atoms with Crippen molar-refractivity contribution in [3.8, 4) is 5.75 Å². The zero-order valence-electron chi connectivity index (χ0n) is 12.9. The van der Waals surface area contributed by atoms with Crippen molar-refractivity contribution in [1.29, 1.82) is 0 Å². The first kappa shape index (κ1) is 16.3. The van der Waals surface area contributed by atoms with Gasteiger partial charge in [0.2, 0.25) is 10.0 Å². The number of anilines is 1. The topological polar surface area (TPSA) is 115 Å². The van der Waals surface area contributed by atoms with Gasteiger partial charge in [-0.15, -0.1) is 0 Å². The molecule has 0 bridgehead atoms. The van der Waals surface area contributed by atoms with Gasteiger partial charge in [0.1, 0.15) is 22.8 Å². The smallest absolute Gasteiger partial charge is 0.262 e. The number of aromatic nitrogens is 3. The summed E-state index contributed by atoms with van der Waals surface area (Å²) in [5.74, 6) is 0.516. The summed E-state index contributed by atoms with van der Waals surface area (Å²) in [4.78, 5) is 15.4. The van der Waals surface area contributed by atoms with Crippen LogP contribution in [-0.2, 0) is 21.4 Å². The second kappa shape index (κ2) is 5.97. The molecule has 2 N–H and O–H groups in total. The quantitative estimate of drug-likeness (QED) is 0.819. The normalized spacial score (nSPS) is 19.6. The van der Waals surface area contributed by atoms with Crippen molar-refractivity contribution in [1.82, 2.24) is 19.5 Å². The van der Waals surface area contributed by atoms with Gasteiger partial charge in [-0.3, -0.25) is 4.79 Å². The average molecular weight is 384 g/mol. The molecule has 0 spiro atoms. The number of hydrogen-bond acceptors (Lipinski definition) is 6. The maximum Gasteiger partial charge on any atom is 0.262 e. The lowest BCUT2D eigenvalue weighted by atomic mass is 10.1. The summed E-state index contributed by atoms with van der Waals surface area (Å²) in [5.41, 5.74) is 0.345. The van der Waals surface area contributed by atoms with Crippen LogP contribution < -0.4 is 14.8 Å². The zero-order chi connectivity index (χ0) is 17.6. The van der Waals surface area contributed by atoms with E-state index in [1.54, 1.807) is 4.68 Å². The summed E-state index contributed by atoms with van der Waals surface area (Å²) < 4.78 is 35.2. The molecule has 25 heavy (non-hydrogen) atoms. The van der Waals surface area contributed by atoms with Crippen LogP contribution in [0.1, 0.15) is 24.7 Å². The van der Waals surface area contributed by atoms with Gasteiger partial charge >= 0.3 is 0 Å². The van der Waals surface area contributed by atoms with Crippen molar-refractivity contribution >= 4 is 33.2 Å². The van der Waals surface area contributed by atoms with Crippen LogP contribution in [0, 0.1) is 0 Å². The minimum Gasteiger partial charge on any atom is -0.482 e. The molecule has 2 aliphatic rings. The van der Waals surface area contributed by atoms with E-state index in [0.717, 1.165) is 6.42 Å². The third-order valence-corrected chi connectivity index (χ3v) is 6.01. The van der Waals surface area contributed by atoms with Gasteiger partial charge in [-0.25, -0.2) is 22.8 Å². The van der Waals surface area contributed by atoms with Gasteiger partial charge in [-0.2, -0.15) is 5.10 Å². The molecule has 1 aromatic carbocycles. The van der Waals surface area contributed by atoms with E-state index in [1.807, 2.05) is 0 Å². The Kier molecular flexibility index (Phi) is 3.89. The molecule has 0 saturated heterocycles. The Morgan fingerprint density at radius 3 is 3.08 bits per heavy atom. The number of halogens is 1. The number of benzene rings is 1. The number of ether oxygens (including phenoxy) is 1. The predicted molar refractivity (Wildman–Crippen MR) is 87.9 cm³/mol. The minimum absolute atomic E-state index is 0.00525. The van der Waals surface area contributed by atoms with Crippen LogP contribution in [0.2, 0.25) is 5.02 Å². The summed E-state index contributed by atoms with van der Waals surface area (Å²) in [7, 11) is -3.91. The van der Waals surface area contributed by atoms with Crippen molar-refractivity contribution in [2.45, 2.75) is 30.3 Å². The Hall–Kier alpha value is -2.17. The monoisotopic (exact) mass is 383 g/mol. The summed E-state index contributed by atoms with van der Waals surface area (Å²) in [5, 5.41) is 6.66. The maximum absolute atomic E-state index is 12.8. The lowest BCUT2D eigenvalue weighted by Gasteiger charge is -2.24. The van der Waals surface area contributed by atoms with Crippen molar-refractivity contribution in [2.24, 2.45) is 0 Å². The lowest BCUT2D eigenvalue weighted by molar-refractivity contribution is -0.118. The molecule has 9 nitrogen and oxygen atoms in total. The van der Waals surface area contributed by atoms with Gasteiger partial charge < -0.3 is 10.1 Å². The number of hydrogen-bond donors (Lipinski definition) is 2. The third-order valence-electron chi connectivity index (χ3n) is 4.07. The number of fused-ring (bicyclic) bond motifs is 2. The number of sulfonamides is 1. The standard InChI is InChI=1S/C14H14ClN5O4S/c15-8-4-10-11(24-6-13(21)18-10)5-12(8)25(22,23)19-9-2-1-3-20-14(9)16-7-17-20/h4-5,7,9,19H,1-3,6H2,(H,18,21)/t9-/m0/s1. The highest BCUT2D eigenvalue weighted by atomic mass is 35.5. The molecule has 0 aliphatic carbocycles. The van der Waals surface area contributed by atoms with Crippen LogP contribution in [0.25, 0.3) is 0 Å². The van der Waals surface area contributed by atoms with Crippen LogP contribution in [0.5, 0.6) is 5.75 Å². The third kappa shape index (κ3) is 2.96.